The van der Waals surface area contributed by atoms with E-state index in [1.807, 2.05) is 37.3 Å². The van der Waals surface area contributed by atoms with Crippen molar-refractivity contribution in [3.8, 4) is 0 Å². The first-order chi connectivity index (χ1) is 9.97. The minimum Gasteiger partial charge on any atom is -0.259 e. The first-order valence-electron chi connectivity index (χ1n) is 6.42. The molecule has 0 amide bonds. The molecule has 1 aromatic carbocycles. The summed E-state index contributed by atoms with van der Waals surface area (Å²) in [4.78, 5) is 0.947. The van der Waals surface area contributed by atoms with Crippen LogP contribution in [0.1, 0.15) is 10.4 Å². The summed E-state index contributed by atoms with van der Waals surface area (Å²) < 4.78 is 38.7. The minimum absolute atomic E-state index is 0.179. The fraction of sp³-hybridized carbons (Fsp3) is 0.286. The quantitative estimate of drug-likeness (QED) is 0.839. The lowest BCUT2D eigenvalue weighted by Gasteiger charge is -2.05. The van der Waals surface area contributed by atoms with Crippen molar-refractivity contribution in [2.24, 2.45) is 0 Å². The van der Waals surface area contributed by atoms with Gasteiger partial charge in [-0.25, -0.2) is 13.1 Å². The molecule has 7 heteroatoms. The van der Waals surface area contributed by atoms with E-state index in [4.69, 9.17) is 0 Å². The summed E-state index contributed by atoms with van der Waals surface area (Å²) in [6.45, 7) is 2.04. The molecule has 0 saturated heterocycles. The van der Waals surface area contributed by atoms with E-state index >= 15 is 0 Å². The maximum atomic E-state index is 12.0. The molecule has 2 aromatic rings. The van der Waals surface area contributed by atoms with Gasteiger partial charge in [-0.05, 0) is 24.6 Å². The fourth-order valence-electron chi connectivity index (χ4n) is 1.75. The third-order valence-electron chi connectivity index (χ3n) is 2.77. The highest BCUT2D eigenvalue weighted by Crippen LogP contribution is 2.20. The van der Waals surface area contributed by atoms with Gasteiger partial charge >= 0.3 is 0 Å². The lowest BCUT2D eigenvalue weighted by Crippen LogP contribution is -2.27. The molecular formula is C14H17NO3S3. The lowest BCUT2D eigenvalue weighted by molar-refractivity contribution is 0.586. The Kier molecular flexibility index (Phi) is 5.69. The Balaban J connectivity index is 1.82. The second-order valence-corrected chi connectivity index (χ2v) is 9.40. The van der Waals surface area contributed by atoms with Gasteiger partial charge in [0.25, 0.3) is 0 Å². The predicted octanol–water partition coefficient (Wildman–Crippen LogP) is 2.28. The van der Waals surface area contributed by atoms with Crippen molar-refractivity contribution in [2.75, 3.05) is 12.3 Å². The number of hydrogen-bond donors (Lipinski definition) is 1. The Hall–Kier alpha value is -1.02. The van der Waals surface area contributed by atoms with Gasteiger partial charge in [0, 0.05) is 33.7 Å². The second kappa shape index (κ2) is 7.31. The van der Waals surface area contributed by atoms with E-state index in [0.717, 1.165) is 10.4 Å². The number of nitrogens with one attached hydrogen (secondary N) is 1. The maximum Gasteiger partial charge on any atom is 0.250 e. The molecule has 1 heterocycles. The number of benzene rings is 1. The van der Waals surface area contributed by atoms with Crippen LogP contribution >= 0.6 is 11.3 Å². The van der Waals surface area contributed by atoms with Crippen molar-refractivity contribution in [3.63, 3.8) is 0 Å². The number of thiophene rings is 1. The molecule has 0 aliphatic rings. The first kappa shape index (κ1) is 16.4. The first-order valence-corrected chi connectivity index (χ1v) is 10.2. The van der Waals surface area contributed by atoms with Crippen LogP contribution in [0.15, 0.2) is 46.7 Å². The normalized spacial score (nSPS) is 13.2. The highest BCUT2D eigenvalue weighted by molar-refractivity contribution is 7.91. The topological polar surface area (TPSA) is 63.2 Å². The van der Waals surface area contributed by atoms with E-state index in [9.17, 15) is 12.6 Å². The van der Waals surface area contributed by atoms with Crippen LogP contribution in [-0.4, -0.2) is 24.9 Å². The summed E-state index contributed by atoms with van der Waals surface area (Å²) in [6.07, 6.45) is 0. The smallest absolute Gasteiger partial charge is 0.250 e. The molecule has 0 spiro atoms. The van der Waals surface area contributed by atoms with Gasteiger partial charge in [-0.3, -0.25) is 4.21 Å². The Morgan fingerprint density at radius 1 is 1.14 bits per heavy atom. The van der Waals surface area contributed by atoms with Crippen LogP contribution in [0.5, 0.6) is 0 Å². The van der Waals surface area contributed by atoms with E-state index in [-0.39, 0.29) is 6.54 Å². The summed E-state index contributed by atoms with van der Waals surface area (Å²) in [6, 6.07) is 12.9. The average molecular weight is 343 g/mol. The summed E-state index contributed by atoms with van der Waals surface area (Å²) in [7, 11) is -4.55. The van der Waals surface area contributed by atoms with Crippen molar-refractivity contribution in [1.82, 2.24) is 4.72 Å². The average Bonchev–Trinajstić information content (AvgIpc) is 2.87. The van der Waals surface area contributed by atoms with Crippen molar-refractivity contribution in [3.05, 3.63) is 52.9 Å². The van der Waals surface area contributed by atoms with E-state index in [1.54, 1.807) is 12.1 Å². The van der Waals surface area contributed by atoms with Gasteiger partial charge in [0.2, 0.25) is 10.0 Å². The maximum absolute atomic E-state index is 12.0. The van der Waals surface area contributed by atoms with Gasteiger partial charge in [0.15, 0.2) is 0 Å². The molecule has 0 saturated carbocycles. The molecule has 114 valence electrons. The zero-order valence-electron chi connectivity index (χ0n) is 11.6. The van der Waals surface area contributed by atoms with Gasteiger partial charge in [-0.1, -0.05) is 30.3 Å². The van der Waals surface area contributed by atoms with Crippen molar-refractivity contribution < 1.29 is 12.6 Å². The van der Waals surface area contributed by atoms with E-state index in [1.165, 1.54) is 11.3 Å². The van der Waals surface area contributed by atoms with Crippen LogP contribution in [0.3, 0.4) is 0 Å². The third-order valence-corrected chi connectivity index (χ3v) is 7.04. The number of sulfonamides is 1. The van der Waals surface area contributed by atoms with E-state index < -0.39 is 20.8 Å². The molecule has 1 atom stereocenters. The number of aryl methyl sites for hydroxylation is 1. The lowest BCUT2D eigenvalue weighted by atomic mass is 10.2. The van der Waals surface area contributed by atoms with Crippen LogP contribution in [0, 0.1) is 6.92 Å². The molecule has 1 N–H and O–H groups in total. The minimum atomic E-state index is -3.47. The van der Waals surface area contributed by atoms with Crippen LogP contribution in [0.2, 0.25) is 0 Å². The standard InChI is InChI=1S/C14H17NO3S3/c1-12-7-8-14(19-12)21(17,18)15-9-10-20(16)11-13-5-3-2-4-6-13/h2-8,15H,9-11H2,1H3. The molecule has 4 nitrogen and oxygen atoms in total. The molecular weight excluding hydrogens is 326 g/mol. The monoisotopic (exact) mass is 343 g/mol. The van der Waals surface area contributed by atoms with E-state index in [2.05, 4.69) is 4.72 Å². The predicted molar refractivity (Wildman–Crippen MR) is 87.4 cm³/mol. The molecule has 0 aliphatic carbocycles. The summed E-state index contributed by atoms with van der Waals surface area (Å²) in [5.41, 5.74) is 0.993. The Bertz CT molecular complexity index is 708. The van der Waals surface area contributed by atoms with Crippen LogP contribution in [0.25, 0.3) is 0 Å². The van der Waals surface area contributed by atoms with Gasteiger partial charge in [0.1, 0.15) is 4.21 Å². The second-order valence-electron chi connectivity index (χ2n) is 4.54. The number of rotatable bonds is 7. The molecule has 21 heavy (non-hydrogen) atoms. The molecule has 1 aromatic heterocycles. The highest BCUT2D eigenvalue weighted by atomic mass is 32.2. The number of hydrogen-bond acceptors (Lipinski definition) is 4. The van der Waals surface area contributed by atoms with Crippen molar-refractivity contribution >= 4 is 32.2 Å². The molecule has 2 rings (SSSR count). The Morgan fingerprint density at radius 3 is 2.48 bits per heavy atom. The molecule has 0 fully saturated rings. The molecule has 0 aliphatic heterocycles. The van der Waals surface area contributed by atoms with Crippen molar-refractivity contribution in [1.29, 1.82) is 0 Å². The van der Waals surface area contributed by atoms with Gasteiger partial charge in [-0.2, -0.15) is 0 Å². The van der Waals surface area contributed by atoms with Gasteiger partial charge < -0.3 is 0 Å². The summed E-state index contributed by atoms with van der Waals surface area (Å²) in [5, 5.41) is 0. The Morgan fingerprint density at radius 2 is 1.86 bits per heavy atom. The highest BCUT2D eigenvalue weighted by Gasteiger charge is 2.15. The zero-order valence-corrected chi connectivity index (χ0v) is 14.1. The fourth-order valence-corrected chi connectivity index (χ4v) is 5.28. The SMILES string of the molecule is Cc1ccc(S(=O)(=O)NCCS(=O)Cc2ccccc2)s1. The van der Waals surface area contributed by atoms with Crippen molar-refractivity contribution in [2.45, 2.75) is 16.9 Å². The Labute approximate surface area is 131 Å². The van der Waals surface area contributed by atoms with Gasteiger partial charge in [0.05, 0.1) is 0 Å². The molecule has 1 unspecified atom stereocenters. The molecule has 0 bridgehead atoms. The third kappa shape index (κ3) is 5.03. The van der Waals surface area contributed by atoms with Crippen LogP contribution in [0.4, 0.5) is 0 Å². The van der Waals surface area contributed by atoms with Gasteiger partial charge in [-0.15, -0.1) is 11.3 Å². The zero-order chi connectivity index (χ0) is 15.3. The van der Waals surface area contributed by atoms with Crippen LogP contribution in [-0.2, 0) is 26.6 Å². The molecule has 0 radical (unpaired) electrons. The largest absolute Gasteiger partial charge is 0.259 e. The summed E-state index contributed by atoms with van der Waals surface area (Å²) in [5.74, 6) is 0.749. The van der Waals surface area contributed by atoms with Crippen LogP contribution < -0.4 is 4.72 Å². The van der Waals surface area contributed by atoms with E-state index in [0.29, 0.717) is 15.7 Å². The summed E-state index contributed by atoms with van der Waals surface area (Å²) >= 11 is 1.23.